The molecule has 1 unspecified atom stereocenters. The molecule has 0 bridgehead atoms. The van der Waals surface area contributed by atoms with E-state index in [1.165, 1.54) is 17.7 Å². The van der Waals surface area contributed by atoms with Crippen molar-refractivity contribution in [1.82, 2.24) is 19.2 Å². The summed E-state index contributed by atoms with van der Waals surface area (Å²) in [5.41, 5.74) is 2.09. The number of ether oxygens (including phenoxy) is 1. The number of hydrogen-bond acceptors (Lipinski definition) is 5. The first kappa shape index (κ1) is 20.9. The Morgan fingerprint density at radius 3 is 2.83 bits per heavy atom. The third kappa shape index (κ3) is 5.03. The van der Waals surface area contributed by atoms with Gasteiger partial charge in [0.15, 0.2) is 10.6 Å². The third-order valence-electron chi connectivity index (χ3n) is 4.89. The lowest BCUT2D eigenvalue weighted by atomic mass is 10.2. The highest BCUT2D eigenvalue weighted by Gasteiger charge is 2.21. The molecule has 9 heteroatoms. The maximum Gasteiger partial charge on any atom is 0.199 e. The molecule has 3 aromatic rings. The van der Waals surface area contributed by atoms with Crippen molar-refractivity contribution in [3.63, 3.8) is 0 Å². The average Bonchev–Trinajstić information content (AvgIpc) is 3.41. The van der Waals surface area contributed by atoms with E-state index in [4.69, 9.17) is 22.1 Å². The smallest absolute Gasteiger partial charge is 0.199 e. The number of nitrogens with zero attached hydrogens (tertiary/aromatic N) is 4. The van der Waals surface area contributed by atoms with Crippen molar-refractivity contribution in [2.75, 3.05) is 13.7 Å². The van der Waals surface area contributed by atoms with Crippen molar-refractivity contribution in [1.29, 1.82) is 0 Å². The second kappa shape index (κ2) is 9.18. The molecule has 0 N–H and O–H groups in total. The largest absolute Gasteiger partial charge is 0.376 e. The van der Waals surface area contributed by atoms with Gasteiger partial charge in [0.05, 0.1) is 23.1 Å². The van der Waals surface area contributed by atoms with Crippen LogP contribution in [0.25, 0.3) is 11.4 Å². The Morgan fingerprint density at radius 1 is 1.38 bits per heavy atom. The summed E-state index contributed by atoms with van der Waals surface area (Å²) in [6.07, 6.45) is 2.22. The predicted molar refractivity (Wildman–Crippen MR) is 119 cm³/mol. The van der Waals surface area contributed by atoms with Gasteiger partial charge >= 0.3 is 0 Å². The molecule has 154 valence electrons. The van der Waals surface area contributed by atoms with Crippen LogP contribution in [0.2, 0.25) is 0 Å². The van der Waals surface area contributed by atoms with E-state index in [0.717, 1.165) is 41.2 Å². The lowest BCUT2D eigenvalue weighted by molar-refractivity contribution is 0.0967. The topological polar surface area (TPSA) is 35.2 Å². The molecule has 4 rings (SSSR count). The van der Waals surface area contributed by atoms with Gasteiger partial charge in [-0.3, -0.25) is 9.47 Å². The molecule has 0 saturated carbocycles. The fourth-order valence-electron chi connectivity index (χ4n) is 3.52. The van der Waals surface area contributed by atoms with Crippen molar-refractivity contribution >= 4 is 39.5 Å². The van der Waals surface area contributed by atoms with Gasteiger partial charge in [0, 0.05) is 18.7 Å². The lowest BCUT2D eigenvalue weighted by Crippen LogP contribution is -2.22. The summed E-state index contributed by atoms with van der Waals surface area (Å²) in [6.45, 7) is 2.82. The molecule has 0 spiro atoms. The van der Waals surface area contributed by atoms with Gasteiger partial charge in [-0.2, -0.15) is 5.10 Å². The Balaban J connectivity index is 1.61. The van der Waals surface area contributed by atoms with Crippen molar-refractivity contribution in [3.8, 4) is 11.4 Å². The number of benzene rings is 1. The van der Waals surface area contributed by atoms with Crippen LogP contribution in [-0.2, 0) is 24.5 Å². The van der Waals surface area contributed by atoms with Gasteiger partial charge in [-0.1, -0.05) is 0 Å². The zero-order valence-corrected chi connectivity index (χ0v) is 19.3. The fraction of sp³-hybridized carbons (Fsp3) is 0.400. The van der Waals surface area contributed by atoms with Gasteiger partial charge in [0.1, 0.15) is 5.82 Å². The maximum absolute atomic E-state index is 13.4. The molecule has 1 fully saturated rings. The van der Waals surface area contributed by atoms with Crippen molar-refractivity contribution in [2.45, 2.75) is 38.7 Å². The minimum Gasteiger partial charge on any atom is -0.376 e. The SMILES string of the molecule is CN(Cc1csc(Br)c1)Cn1nc(-c2ccc(F)cc2)n(CC2CCCO2)c1=S. The molecular weight excluding hydrogens is 475 g/mol. The maximum atomic E-state index is 13.4. The molecule has 0 amide bonds. The van der Waals surface area contributed by atoms with Gasteiger partial charge in [-0.15, -0.1) is 11.3 Å². The van der Waals surface area contributed by atoms with Crippen LogP contribution in [0.4, 0.5) is 4.39 Å². The van der Waals surface area contributed by atoms with E-state index >= 15 is 0 Å². The summed E-state index contributed by atoms with van der Waals surface area (Å²) in [4.78, 5) is 2.17. The highest BCUT2D eigenvalue weighted by molar-refractivity contribution is 9.11. The van der Waals surface area contributed by atoms with E-state index in [0.29, 0.717) is 18.0 Å². The van der Waals surface area contributed by atoms with E-state index in [1.807, 2.05) is 16.3 Å². The third-order valence-corrected chi connectivity index (χ3v) is 6.87. The lowest BCUT2D eigenvalue weighted by Gasteiger charge is -2.15. The molecule has 0 aliphatic carbocycles. The zero-order chi connectivity index (χ0) is 20.4. The summed E-state index contributed by atoms with van der Waals surface area (Å²) >= 11 is 10.9. The number of hydrogen-bond donors (Lipinski definition) is 0. The molecule has 1 aromatic carbocycles. The first-order valence-corrected chi connectivity index (χ1v) is 11.5. The van der Waals surface area contributed by atoms with E-state index < -0.39 is 0 Å². The van der Waals surface area contributed by atoms with Crippen LogP contribution in [0, 0.1) is 10.6 Å². The Morgan fingerprint density at radius 2 is 2.17 bits per heavy atom. The molecule has 1 aliphatic rings. The van der Waals surface area contributed by atoms with Crippen LogP contribution in [-0.4, -0.2) is 39.0 Å². The van der Waals surface area contributed by atoms with Gasteiger partial charge in [-0.05, 0) is 89.3 Å². The fourth-order valence-corrected chi connectivity index (χ4v) is 4.98. The monoisotopic (exact) mass is 496 g/mol. The first-order valence-electron chi connectivity index (χ1n) is 9.46. The number of rotatable bonds is 7. The van der Waals surface area contributed by atoms with Crippen molar-refractivity contribution in [3.05, 3.63) is 55.7 Å². The molecule has 29 heavy (non-hydrogen) atoms. The molecule has 1 atom stereocenters. The standard InChI is InChI=1S/C20H22BrFN4OS2/c1-24(10-14-9-18(21)29-12-14)13-26-20(28)25(11-17-3-2-8-27-17)19(23-26)15-4-6-16(22)7-5-15/h4-7,9,12,17H,2-3,8,10-11,13H2,1H3. The first-order chi connectivity index (χ1) is 14.0. The summed E-state index contributed by atoms with van der Waals surface area (Å²) < 4.78 is 24.9. The van der Waals surface area contributed by atoms with Crippen LogP contribution in [0.1, 0.15) is 18.4 Å². The Hall–Kier alpha value is -1.39. The van der Waals surface area contributed by atoms with Crippen LogP contribution >= 0.6 is 39.5 Å². The Kier molecular flexibility index (Phi) is 6.60. The quantitative estimate of drug-likeness (QED) is 0.415. The van der Waals surface area contributed by atoms with Crippen LogP contribution < -0.4 is 0 Å². The van der Waals surface area contributed by atoms with E-state index in [9.17, 15) is 4.39 Å². The van der Waals surface area contributed by atoms with Gasteiger partial charge < -0.3 is 4.74 Å². The summed E-state index contributed by atoms with van der Waals surface area (Å²) in [5.74, 6) is 0.483. The normalized spacial score (nSPS) is 16.8. The zero-order valence-electron chi connectivity index (χ0n) is 16.1. The van der Waals surface area contributed by atoms with Gasteiger partial charge in [0.2, 0.25) is 0 Å². The van der Waals surface area contributed by atoms with Gasteiger partial charge in [-0.25, -0.2) is 9.07 Å². The molecule has 5 nitrogen and oxygen atoms in total. The molecule has 2 aromatic heterocycles. The second-order valence-electron chi connectivity index (χ2n) is 7.27. The summed E-state index contributed by atoms with van der Waals surface area (Å²) in [5, 5.41) is 6.93. The molecule has 1 saturated heterocycles. The van der Waals surface area contributed by atoms with Gasteiger partial charge in [0.25, 0.3) is 0 Å². The highest BCUT2D eigenvalue weighted by atomic mass is 79.9. The predicted octanol–water partition coefficient (Wildman–Crippen LogP) is 5.31. The molecule has 3 heterocycles. The van der Waals surface area contributed by atoms with Crippen molar-refractivity contribution in [2.24, 2.45) is 0 Å². The summed E-state index contributed by atoms with van der Waals surface area (Å²) in [6, 6.07) is 8.52. The van der Waals surface area contributed by atoms with Crippen molar-refractivity contribution < 1.29 is 9.13 Å². The number of thiophene rings is 1. The molecule has 0 radical (unpaired) electrons. The van der Waals surface area contributed by atoms with Crippen LogP contribution in [0.15, 0.2) is 39.5 Å². The Labute approximate surface area is 186 Å². The van der Waals surface area contributed by atoms with Crippen LogP contribution in [0.5, 0.6) is 0 Å². The van der Waals surface area contributed by atoms with E-state index in [-0.39, 0.29) is 11.9 Å². The van der Waals surface area contributed by atoms with E-state index in [1.54, 1.807) is 23.5 Å². The average molecular weight is 497 g/mol. The molecule has 1 aliphatic heterocycles. The number of aromatic nitrogens is 3. The van der Waals surface area contributed by atoms with Crippen LogP contribution in [0.3, 0.4) is 0 Å². The highest BCUT2D eigenvalue weighted by Crippen LogP contribution is 2.24. The Bertz CT molecular complexity index is 1020. The molecular formula is C20H22BrFN4OS2. The minimum absolute atomic E-state index is 0.138. The number of halogens is 2. The second-order valence-corrected chi connectivity index (χ2v) is 9.93. The summed E-state index contributed by atoms with van der Waals surface area (Å²) in [7, 11) is 2.05. The van der Waals surface area contributed by atoms with E-state index in [2.05, 4.69) is 32.3 Å². The minimum atomic E-state index is -0.265.